The summed E-state index contributed by atoms with van der Waals surface area (Å²) in [6.45, 7) is 6.05. The van der Waals surface area contributed by atoms with Gasteiger partial charge in [-0.1, -0.05) is 6.07 Å². The molecule has 0 saturated carbocycles. The van der Waals surface area contributed by atoms with Gasteiger partial charge in [-0.2, -0.15) is 5.10 Å². The minimum absolute atomic E-state index is 0.570. The second-order valence-corrected chi connectivity index (χ2v) is 5.10. The number of fused-ring (bicyclic) bond motifs is 1. The van der Waals surface area contributed by atoms with Gasteiger partial charge >= 0.3 is 0 Å². The summed E-state index contributed by atoms with van der Waals surface area (Å²) in [5.74, 6) is 0. The Morgan fingerprint density at radius 2 is 1.75 bits per heavy atom. The highest BCUT2D eigenvalue weighted by Gasteiger charge is 2.11. The summed E-state index contributed by atoms with van der Waals surface area (Å²) in [5.41, 5.74) is 5.58. The van der Waals surface area contributed by atoms with E-state index in [9.17, 15) is 4.79 Å². The molecule has 0 fully saturated rings. The number of nitrogens with zero attached hydrogens (tertiary/aromatic N) is 3. The number of hydrogen-bond donors (Lipinski definition) is 0. The highest BCUT2D eigenvalue weighted by atomic mass is 16.1. The van der Waals surface area contributed by atoms with Crippen LogP contribution in [-0.4, -0.2) is 21.1 Å². The summed E-state index contributed by atoms with van der Waals surface area (Å²) < 4.78 is 1.83. The molecule has 20 heavy (non-hydrogen) atoms. The van der Waals surface area contributed by atoms with Crippen LogP contribution in [0.5, 0.6) is 0 Å². The van der Waals surface area contributed by atoms with Crippen molar-refractivity contribution in [3.05, 3.63) is 52.8 Å². The van der Waals surface area contributed by atoms with Crippen molar-refractivity contribution in [1.29, 1.82) is 0 Å². The number of carbonyl (C=O) groups is 1. The van der Waals surface area contributed by atoms with Gasteiger partial charge in [-0.3, -0.25) is 4.79 Å². The smallest absolute Gasteiger partial charge is 0.163 e. The molecular weight excluding hydrogens is 250 g/mol. The molecule has 0 saturated heterocycles. The van der Waals surface area contributed by atoms with Crippen LogP contribution in [0.2, 0.25) is 0 Å². The molecule has 3 aromatic rings. The van der Waals surface area contributed by atoms with Gasteiger partial charge in [0.15, 0.2) is 11.9 Å². The maximum Gasteiger partial charge on any atom is 0.163 e. The van der Waals surface area contributed by atoms with Crippen LogP contribution < -0.4 is 0 Å². The molecule has 4 heteroatoms. The fourth-order valence-electron chi connectivity index (χ4n) is 2.48. The van der Waals surface area contributed by atoms with E-state index in [0.29, 0.717) is 5.56 Å². The predicted octanol–water partition coefficient (Wildman–Crippen LogP) is 3.16. The number of rotatable bonds is 2. The van der Waals surface area contributed by atoms with Gasteiger partial charge in [0.2, 0.25) is 0 Å². The first-order valence-electron chi connectivity index (χ1n) is 6.48. The van der Waals surface area contributed by atoms with Crippen molar-refractivity contribution in [3.8, 4) is 5.69 Å². The molecule has 2 aromatic heterocycles. The molecule has 0 amide bonds. The molecule has 0 N–H and O–H groups in total. The first-order chi connectivity index (χ1) is 9.58. The van der Waals surface area contributed by atoms with Crippen LogP contribution in [0.1, 0.15) is 27.2 Å². The third-order valence-electron chi connectivity index (χ3n) is 3.32. The van der Waals surface area contributed by atoms with Crippen molar-refractivity contribution in [3.63, 3.8) is 0 Å². The second-order valence-electron chi connectivity index (χ2n) is 5.10. The largest absolute Gasteiger partial charge is 0.298 e. The average Bonchev–Trinajstić information content (AvgIpc) is 2.74. The Labute approximate surface area is 117 Å². The molecule has 0 radical (unpaired) electrons. The minimum Gasteiger partial charge on any atom is -0.298 e. The van der Waals surface area contributed by atoms with Crippen molar-refractivity contribution in [2.24, 2.45) is 0 Å². The molecular formula is C16H15N3O. The number of aldehydes is 1. The molecule has 0 aliphatic heterocycles. The lowest BCUT2D eigenvalue weighted by Gasteiger charge is -2.06. The van der Waals surface area contributed by atoms with Gasteiger partial charge in [-0.15, -0.1) is 0 Å². The van der Waals surface area contributed by atoms with Gasteiger partial charge in [0.1, 0.15) is 0 Å². The SMILES string of the molecule is Cc1cc(C)cc(-n2nc(C)c3cc(C=O)cnc32)c1. The number of benzene rings is 1. The van der Waals surface area contributed by atoms with Crippen molar-refractivity contribution in [1.82, 2.24) is 14.8 Å². The predicted molar refractivity (Wildman–Crippen MR) is 78.5 cm³/mol. The van der Waals surface area contributed by atoms with Gasteiger partial charge in [-0.05, 0) is 50.1 Å². The summed E-state index contributed by atoms with van der Waals surface area (Å²) in [5, 5.41) is 5.47. The summed E-state index contributed by atoms with van der Waals surface area (Å²) in [6.07, 6.45) is 2.38. The summed E-state index contributed by atoms with van der Waals surface area (Å²) in [4.78, 5) is 15.2. The lowest BCUT2D eigenvalue weighted by molar-refractivity contribution is 0.112. The monoisotopic (exact) mass is 265 g/mol. The van der Waals surface area contributed by atoms with Crippen molar-refractivity contribution < 1.29 is 4.79 Å². The van der Waals surface area contributed by atoms with Crippen LogP contribution in [0.25, 0.3) is 16.7 Å². The van der Waals surface area contributed by atoms with Crippen molar-refractivity contribution in [2.75, 3.05) is 0 Å². The van der Waals surface area contributed by atoms with E-state index in [2.05, 4.69) is 42.1 Å². The van der Waals surface area contributed by atoms with Crippen LogP contribution in [0, 0.1) is 20.8 Å². The molecule has 0 spiro atoms. The lowest BCUT2D eigenvalue weighted by atomic mass is 10.1. The number of pyridine rings is 1. The number of aromatic nitrogens is 3. The maximum absolute atomic E-state index is 10.9. The zero-order valence-electron chi connectivity index (χ0n) is 11.7. The van der Waals surface area contributed by atoms with E-state index >= 15 is 0 Å². The molecule has 0 aliphatic rings. The van der Waals surface area contributed by atoms with Crippen LogP contribution in [0.4, 0.5) is 0 Å². The maximum atomic E-state index is 10.9. The van der Waals surface area contributed by atoms with E-state index in [-0.39, 0.29) is 0 Å². The highest BCUT2D eigenvalue weighted by molar-refractivity contribution is 5.86. The van der Waals surface area contributed by atoms with Gasteiger partial charge in [-0.25, -0.2) is 9.67 Å². The zero-order chi connectivity index (χ0) is 14.3. The van der Waals surface area contributed by atoms with Gasteiger partial charge in [0, 0.05) is 17.1 Å². The Bertz CT molecular complexity index is 798. The fraction of sp³-hybridized carbons (Fsp3) is 0.188. The Morgan fingerprint density at radius 3 is 2.40 bits per heavy atom. The molecule has 1 aromatic carbocycles. The Balaban J connectivity index is 2.29. The summed E-state index contributed by atoms with van der Waals surface area (Å²) in [6, 6.07) is 8.11. The minimum atomic E-state index is 0.570. The fourth-order valence-corrected chi connectivity index (χ4v) is 2.48. The van der Waals surface area contributed by atoms with E-state index in [1.165, 1.54) is 11.1 Å². The molecule has 0 atom stereocenters. The quantitative estimate of drug-likeness (QED) is 0.669. The van der Waals surface area contributed by atoms with Crippen LogP contribution in [0.15, 0.2) is 30.5 Å². The van der Waals surface area contributed by atoms with Gasteiger partial charge < -0.3 is 0 Å². The summed E-state index contributed by atoms with van der Waals surface area (Å²) >= 11 is 0. The molecule has 3 rings (SSSR count). The molecule has 4 nitrogen and oxygen atoms in total. The Kier molecular flexibility index (Phi) is 2.86. The van der Waals surface area contributed by atoms with Crippen molar-refractivity contribution >= 4 is 17.3 Å². The van der Waals surface area contributed by atoms with E-state index < -0.39 is 0 Å². The molecule has 0 aliphatic carbocycles. The first-order valence-corrected chi connectivity index (χ1v) is 6.48. The number of aryl methyl sites for hydroxylation is 3. The topological polar surface area (TPSA) is 47.8 Å². The Morgan fingerprint density at radius 1 is 1.05 bits per heavy atom. The van der Waals surface area contributed by atoms with Crippen molar-refractivity contribution in [2.45, 2.75) is 20.8 Å². The Hall–Kier alpha value is -2.49. The van der Waals surface area contributed by atoms with Crippen LogP contribution in [-0.2, 0) is 0 Å². The van der Waals surface area contributed by atoms with Crippen LogP contribution in [0.3, 0.4) is 0 Å². The van der Waals surface area contributed by atoms with E-state index in [4.69, 9.17) is 0 Å². The molecule has 0 bridgehead atoms. The lowest BCUT2D eigenvalue weighted by Crippen LogP contribution is -1.99. The van der Waals surface area contributed by atoms with E-state index in [0.717, 1.165) is 28.7 Å². The van der Waals surface area contributed by atoms with E-state index in [1.54, 1.807) is 6.20 Å². The number of hydrogen-bond acceptors (Lipinski definition) is 3. The third kappa shape index (κ3) is 1.99. The first kappa shape index (κ1) is 12.5. The average molecular weight is 265 g/mol. The number of carbonyl (C=O) groups excluding carboxylic acids is 1. The molecule has 100 valence electrons. The van der Waals surface area contributed by atoms with Gasteiger partial charge in [0.05, 0.1) is 11.4 Å². The van der Waals surface area contributed by atoms with Gasteiger partial charge in [0.25, 0.3) is 0 Å². The molecule has 0 unspecified atom stereocenters. The zero-order valence-corrected chi connectivity index (χ0v) is 11.7. The second kappa shape index (κ2) is 4.56. The summed E-state index contributed by atoms with van der Waals surface area (Å²) in [7, 11) is 0. The standard InChI is InChI=1S/C16H15N3O/c1-10-4-11(2)6-14(5-10)19-16-15(12(3)18-19)7-13(9-20)8-17-16/h4-9H,1-3H3. The van der Waals surface area contributed by atoms with E-state index in [1.807, 2.05) is 17.7 Å². The normalized spacial score (nSPS) is 10.9. The molecule has 2 heterocycles. The highest BCUT2D eigenvalue weighted by Crippen LogP contribution is 2.22. The third-order valence-corrected chi connectivity index (χ3v) is 3.32. The van der Waals surface area contributed by atoms with Crippen LogP contribution >= 0.6 is 0 Å².